The van der Waals surface area contributed by atoms with Gasteiger partial charge in [-0.1, -0.05) is 24.8 Å². The van der Waals surface area contributed by atoms with Crippen LogP contribution in [0.25, 0.3) is 0 Å². The fourth-order valence-corrected chi connectivity index (χ4v) is 7.77. The van der Waals surface area contributed by atoms with Crippen LogP contribution in [0.2, 0.25) is 0 Å². The van der Waals surface area contributed by atoms with E-state index in [-0.39, 0.29) is 34.7 Å². The van der Waals surface area contributed by atoms with Gasteiger partial charge in [-0.25, -0.2) is 8.42 Å². The van der Waals surface area contributed by atoms with Gasteiger partial charge >= 0.3 is 0 Å². The summed E-state index contributed by atoms with van der Waals surface area (Å²) in [6.07, 6.45) is 4.42. The Balaban J connectivity index is 1.42. The highest BCUT2D eigenvalue weighted by atomic mass is 32.2. The predicted molar refractivity (Wildman–Crippen MR) is 115 cm³/mol. The third-order valence-corrected chi connectivity index (χ3v) is 9.05. The summed E-state index contributed by atoms with van der Waals surface area (Å²) < 4.78 is 23.4. The second-order valence-electron chi connectivity index (χ2n) is 8.32. The molecule has 28 heavy (non-hydrogen) atoms. The summed E-state index contributed by atoms with van der Waals surface area (Å²) in [6, 6.07) is 5.76. The van der Waals surface area contributed by atoms with Crippen molar-refractivity contribution in [3.05, 3.63) is 29.3 Å². The molecule has 2 aliphatic heterocycles. The van der Waals surface area contributed by atoms with E-state index in [1.54, 1.807) is 0 Å². The zero-order valence-electron chi connectivity index (χ0n) is 16.3. The zero-order chi connectivity index (χ0) is 19.9. The summed E-state index contributed by atoms with van der Waals surface area (Å²) in [4.78, 5) is 17.2. The molecule has 0 aromatic heterocycles. The van der Waals surface area contributed by atoms with Crippen LogP contribution in [0.5, 0.6) is 0 Å². The smallest absolute Gasteiger partial charge is 0.251 e. The summed E-state index contributed by atoms with van der Waals surface area (Å²) in [7, 11) is -2.95. The molecule has 1 aromatic carbocycles. The first-order valence-electron chi connectivity index (χ1n) is 9.92. The number of nitrogens with zero attached hydrogens (tertiary/aromatic N) is 1. The first kappa shape index (κ1) is 19.8. The van der Waals surface area contributed by atoms with Gasteiger partial charge in [0, 0.05) is 22.5 Å². The Kier molecular flexibility index (Phi) is 5.44. The number of fused-ring (bicyclic) bond motifs is 1. The van der Waals surface area contributed by atoms with Crippen molar-refractivity contribution in [3.8, 4) is 0 Å². The predicted octanol–water partition coefficient (Wildman–Crippen LogP) is 2.98. The number of carbonyl (C=O) groups excluding carboxylic acids is 1. The fourth-order valence-electron chi connectivity index (χ4n) is 4.10. The van der Waals surface area contributed by atoms with E-state index < -0.39 is 9.84 Å². The van der Waals surface area contributed by atoms with Crippen LogP contribution < -0.4 is 10.6 Å². The molecule has 2 heterocycles. The number of hydrogen-bond donors (Lipinski definition) is 2. The Morgan fingerprint density at radius 3 is 2.64 bits per heavy atom. The van der Waals surface area contributed by atoms with Crippen LogP contribution in [0.15, 0.2) is 23.2 Å². The van der Waals surface area contributed by atoms with E-state index >= 15 is 0 Å². The van der Waals surface area contributed by atoms with E-state index in [0.717, 1.165) is 35.2 Å². The van der Waals surface area contributed by atoms with Crippen LogP contribution in [0.4, 0.5) is 5.69 Å². The minimum atomic E-state index is -2.95. The number of hydrogen-bond acceptors (Lipinski definition) is 6. The lowest BCUT2D eigenvalue weighted by molar-refractivity contribution is 0.0923. The first-order chi connectivity index (χ1) is 13.3. The highest BCUT2D eigenvalue weighted by Crippen LogP contribution is 2.35. The molecule has 4 rings (SSSR count). The number of sulfone groups is 1. The van der Waals surface area contributed by atoms with Crippen molar-refractivity contribution in [3.63, 3.8) is 0 Å². The molecule has 0 spiro atoms. The van der Waals surface area contributed by atoms with Crippen molar-refractivity contribution < 1.29 is 13.2 Å². The zero-order valence-corrected chi connectivity index (χ0v) is 17.9. The van der Waals surface area contributed by atoms with E-state index in [4.69, 9.17) is 0 Å². The maximum absolute atomic E-state index is 12.7. The minimum Gasteiger partial charge on any atom is -0.349 e. The molecule has 2 N–H and O–H groups in total. The third kappa shape index (κ3) is 4.38. The monoisotopic (exact) mass is 421 g/mol. The molecule has 1 aliphatic carbocycles. The number of nitrogens with one attached hydrogen (secondary N) is 2. The van der Waals surface area contributed by atoms with E-state index in [0.29, 0.717) is 5.56 Å². The average molecular weight is 422 g/mol. The molecule has 1 saturated heterocycles. The summed E-state index contributed by atoms with van der Waals surface area (Å²) in [5.41, 5.74) is 2.51. The summed E-state index contributed by atoms with van der Waals surface area (Å²) >= 11 is 1.49. The summed E-state index contributed by atoms with van der Waals surface area (Å²) in [5.74, 6) is 1.05. The van der Waals surface area contributed by atoms with Crippen molar-refractivity contribution in [2.75, 3.05) is 16.8 Å². The van der Waals surface area contributed by atoms with Crippen molar-refractivity contribution in [1.29, 1.82) is 0 Å². The van der Waals surface area contributed by atoms with Gasteiger partial charge in [0.15, 0.2) is 15.0 Å². The van der Waals surface area contributed by atoms with Gasteiger partial charge in [0.2, 0.25) is 0 Å². The average Bonchev–Trinajstić information content (AvgIpc) is 3.11. The van der Waals surface area contributed by atoms with Crippen molar-refractivity contribution in [1.82, 2.24) is 5.32 Å². The van der Waals surface area contributed by atoms with Crippen LogP contribution in [0.3, 0.4) is 0 Å². The molecule has 8 heteroatoms. The number of carbonyl (C=O) groups is 1. The van der Waals surface area contributed by atoms with Crippen LogP contribution in [-0.2, 0) is 9.84 Å². The highest BCUT2D eigenvalue weighted by Gasteiger charge is 2.42. The standard InChI is InChI=1S/C20H27N3O3S2/c1-12-3-7-15(8-4-12)21-19(24)14-6-5-13(2)16(9-14)22-20-23-17-10-28(25,26)11-18(17)27-20/h5-6,9,12,15,17-18H,3-4,7-8,10-11H2,1-2H3,(H,21,24)(H,22,23)/t12?,15?,17-,18-/m0/s1. The van der Waals surface area contributed by atoms with Gasteiger partial charge < -0.3 is 10.6 Å². The molecular weight excluding hydrogens is 394 g/mol. The quantitative estimate of drug-likeness (QED) is 0.783. The maximum Gasteiger partial charge on any atom is 0.251 e. The second-order valence-corrected chi connectivity index (χ2v) is 11.7. The summed E-state index contributed by atoms with van der Waals surface area (Å²) in [6.45, 7) is 4.25. The van der Waals surface area contributed by atoms with Gasteiger partial charge in [0.05, 0.1) is 17.5 Å². The van der Waals surface area contributed by atoms with Gasteiger partial charge in [-0.3, -0.25) is 9.79 Å². The highest BCUT2D eigenvalue weighted by molar-refractivity contribution is 8.15. The van der Waals surface area contributed by atoms with Gasteiger partial charge in [0.25, 0.3) is 5.91 Å². The van der Waals surface area contributed by atoms with Gasteiger partial charge in [-0.05, 0) is 56.2 Å². The Morgan fingerprint density at radius 1 is 1.18 bits per heavy atom. The van der Waals surface area contributed by atoms with E-state index in [2.05, 4.69) is 22.5 Å². The molecule has 0 bridgehead atoms. The van der Waals surface area contributed by atoms with Gasteiger partial charge in [-0.15, -0.1) is 0 Å². The number of amides is 1. The topological polar surface area (TPSA) is 87.6 Å². The Bertz CT molecular complexity index is 905. The minimum absolute atomic E-state index is 0.00739. The molecule has 6 nitrogen and oxygen atoms in total. The Hall–Kier alpha value is -1.54. The number of benzene rings is 1. The Labute approximate surface area is 170 Å². The molecular formula is C20H27N3O3S2. The number of amidine groups is 1. The lowest BCUT2D eigenvalue weighted by Crippen LogP contribution is -2.37. The Morgan fingerprint density at radius 2 is 1.93 bits per heavy atom. The normalized spacial score (nSPS) is 31.1. The number of rotatable bonds is 3. The number of anilines is 1. The molecule has 3 aliphatic rings. The largest absolute Gasteiger partial charge is 0.349 e. The van der Waals surface area contributed by atoms with Crippen molar-refractivity contribution in [2.45, 2.75) is 56.9 Å². The lowest BCUT2D eigenvalue weighted by Gasteiger charge is -2.27. The third-order valence-electron chi connectivity index (χ3n) is 5.91. The summed E-state index contributed by atoms with van der Waals surface area (Å²) in [5, 5.41) is 7.23. The SMILES string of the molecule is Cc1ccc(C(=O)NC2CCC(C)CC2)cc1NC1=N[C@H]2CS(=O)(=O)C[C@@H]2S1. The maximum atomic E-state index is 12.7. The molecule has 0 radical (unpaired) electrons. The fraction of sp³-hybridized carbons (Fsp3) is 0.600. The van der Waals surface area contributed by atoms with E-state index in [1.165, 1.54) is 24.6 Å². The van der Waals surface area contributed by atoms with Crippen molar-refractivity contribution >= 4 is 38.4 Å². The molecule has 152 valence electrons. The molecule has 1 aromatic rings. The van der Waals surface area contributed by atoms with Gasteiger partial charge in [-0.2, -0.15) is 0 Å². The molecule has 1 amide bonds. The number of thioether (sulfide) groups is 1. The lowest BCUT2D eigenvalue weighted by atomic mass is 9.87. The molecule has 1 saturated carbocycles. The van der Waals surface area contributed by atoms with Crippen LogP contribution in [0, 0.1) is 12.8 Å². The molecule has 2 atom stereocenters. The van der Waals surface area contributed by atoms with E-state index in [9.17, 15) is 13.2 Å². The second kappa shape index (κ2) is 7.71. The molecule has 0 unspecified atom stereocenters. The van der Waals surface area contributed by atoms with E-state index in [1.807, 2.05) is 25.1 Å². The van der Waals surface area contributed by atoms with Crippen molar-refractivity contribution in [2.24, 2.45) is 10.9 Å². The molecule has 2 fully saturated rings. The number of aliphatic imine (C=N–C) groups is 1. The van der Waals surface area contributed by atoms with Crippen LogP contribution >= 0.6 is 11.8 Å². The van der Waals surface area contributed by atoms with Gasteiger partial charge in [0.1, 0.15) is 0 Å². The van der Waals surface area contributed by atoms with Crippen LogP contribution in [-0.4, -0.2) is 48.3 Å². The van der Waals surface area contributed by atoms with Crippen LogP contribution in [0.1, 0.15) is 48.5 Å². The number of aryl methyl sites for hydroxylation is 1. The first-order valence-corrected chi connectivity index (χ1v) is 12.6.